The summed E-state index contributed by atoms with van der Waals surface area (Å²) in [6, 6.07) is 0. The molecule has 0 aromatic carbocycles. The van der Waals surface area contributed by atoms with E-state index < -0.39 is 17.6 Å². The summed E-state index contributed by atoms with van der Waals surface area (Å²) in [6.07, 6.45) is 1.38. The van der Waals surface area contributed by atoms with E-state index in [1.165, 1.54) is 0 Å². The van der Waals surface area contributed by atoms with E-state index in [0.29, 0.717) is 13.1 Å². The van der Waals surface area contributed by atoms with Gasteiger partial charge in [0.2, 0.25) is 5.95 Å². The minimum absolute atomic E-state index is 0.529. The molecule has 0 fully saturated rings. The fraction of sp³-hybridized carbons (Fsp3) is 0.333. The van der Waals surface area contributed by atoms with Gasteiger partial charge in [-0.15, -0.1) is 0 Å². The molecule has 0 amide bonds. The van der Waals surface area contributed by atoms with Gasteiger partial charge in [-0.05, 0) is 0 Å². The average Bonchev–Trinajstić information content (AvgIpc) is 1.86. The number of rotatable bonds is 1. The predicted octanol–water partition coefficient (Wildman–Crippen LogP) is 1.73. The van der Waals surface area contributed by atoms with Crippen LogP contribution in [0.2, 0.25) is 0 Å². The molecule has 1 aromatic heterocycles. The van der Waals surface area contributed by atoms with Gasteiger partial charge in [0.25, 0.3) is 5.92 Å². The van der Waals surface area contributed by atoms with Crippen molar-refractivity contribution in [1.82, 2.24) is 9.97 Å². The molecule has 0 saturated carbocycles. The lowest BCUT2D eigenvalue weighted by molar-refractivity contribution is 0.0122. The van der Waals surface area contributed by atoms with Crippen LogP contribution in [0.5, 0.6) is 0 Å². The molecule has 0 saturated heterocycles. The number of nitrogens with zero attached hydrogens (tertiary/aromatic N) is 2. The largest absolute Gasteiger partial charge is 0.288 e. The van der Waals surface area contributed by atoms with Crippen LogP contribution in [-0.4, -0.2) is 9.97 Å². The van der Waals surface area contributed by atoms with Crippen molar-refractivity contribution in [1.29, 1.82) is 0 Å². The number of hydrogen-bond acceptors (Lipinski definition) is 2. The first-order valence-electron chi connectivity index (χ1n) is 2.86. The van der Waals surface area contributed by atoms with E-state index in [2.05, 4.69) is 9.97 Å². The second-order valence-electron chi connectivity index (χ2n) is 2.11. The highest BCUT2D eigenvalue weighted by Gasteiger charge is 2.26. The molecule has 60 valence electrons. The molecule has 2 nitrogen and oxygen atoms in total. The Morgan fingerprint density at radius 1 is 1.27 bits per heavy atom. The van der Waals surface area contributed by atoms with Crippen LogP contribution in [0.25, 0.3) is 0 Å². The third-order valence-corrected chi connectivity index (χ3v) is 1.07. The molecular formula is C6H5F3N2. The third kappa shape index (κ3) is 1.89. The van der Waals surface area contributed by atoms with Crippen molar-refractivity contribution in [3.8, 4) is 0 Å². The fourth-order valence-corrected chi connectivity index (χ4v) is 0.539. The molecule has 1 heterocycles. The molecule has 0 aliphatic rings. The van der Waals surface area contributed by atoms with Gasteiger partial charge in [-0.25, -0.2) is 9.97 Å². The van der Waals surface area contributed by atoms with Gasteiger partial charge < -0.3 is 0 Å². The standard InChI is InChI=1S/C6H5F3N2/c1-6(8,9)4-2-11-5(7)3-10-4/h2-3H,1H3. The normalized spacial score (nSPS) is 11.6. The van der Waals surface area contributed by atoms with Gasteiger partial charge in [0.05, 0.1) is 12.4 Å². The van der Waals surface area contributed by atoms with Crippen molar-refractivity contribution in [2.24, 2.45) is 0 Å². The van der Waals surface area contributed by atoms with Crippen molar-refractivity contribution in [3.63, 3.8) is 0 Å². The molecule has 11 heavy (non-hydrogen) atoms. The van der Waals surface area contributed by atoms with Gasteiger partial charge in [-0.3, -0.25) is 0 Å². The van der Waals surface area contributed by atoms with Crippen LogP contribution in [0.4, 0.5) is 13.2 Å². The molecule has 0 aliphatic carbocycles. The first-order chi connectivity index (χ1) is 5.00. The van der Waals surface area contributed by atoms with Gasteiger partial charge >= 0.3 is 0 Å². The Labute approximate surface area is 61.1 Å². The summed E-state index contributed by atoms with van der Waals surface area (Å²) in [5.74, 6) is -3.92. The molecule has 0 radical (unpaired) electrons. The van der Waals surface area contributed by atoms with Crippen molar-refractivity contribution >= 4 is 0 Å². The maximum Gasteiger partial charge on any atom is 0.288 e. The SMILES string of the molecule is CC(F)(F)c1cnc(F)cn1. The molecule has 0 bridgehead atoms. The van der Waals surface area contributed by atoms with E-state index in [1.54, 1.807) is 0 Å². The van der Waals surface area contributed by atoms with Crippen LogP contribution < -0.4 is 0 Å². The molecule has 5 heteroatoms. The summed E-state index contributed by atoms with van der Waals surface area (Å²) in [5, 5.41) is 0. The van der Waals surface area contributed by atoms with E-state index in [1.807, 2.05) is 0 Å². The van der Waals surface area contributed by atoms with Crippen molar-refractivity contribution in [3.05, 3.63) is 24.0 Å². The first-order valence-corrected chi connectivity index (χ1v) is 2.86. The summed E-state index contributed by atoms with van der Waals surface area (Å²) in [4.78, 5) is 6.20. The van der Waals surface area contributed by atoms with Crippen LogP contribution in [0.1, 0.15) is 12.6 Å². The van der Waals surface area contributed by atoms with Gasteiger partial charge in [0.1, 0.15) is 5.69 Å². The highest BCUT2D eigenvalue weighted by molar-refractivity contribution is 5.01. The summed E-state index contributed by atoms with van der Waals surface area (Å²) in [6.45, 7) is 0.676. The molecular weight excluding hydrogens is 157 g/mol. The van der Waals surface area contributed by atoms with Crippen LogP contribution in [-0.2, 0) is 5.92 Å². The van der Waals surface area contributed by atoms with Crippen LogP contribution >= 0.6 is 0 Å². The molecule has 0 unspecified atom stereocenters. The highest BCUT2D eigenvalue weighted by Crippen LogP contribution is 2.23. The van der Waals surface area contributed by atoms with Crippen molar-refractivity contribution in [2.75, 3.05) is 0 Å². The zero-order chi connectivity index (χ0) is 8.48. The Bertz CT molecular complexity index is 239. The summed E-state index contributed by atoms with van der Waals surface area (Å²) < 4.78 is 36.8. The molecule has 0 aliphatic heterocycles. The number of aromatic nitrogens is 2. The zero-order valence-electron chi connectivity index (χ0n) is 5.68. The average molecular weight is 162 g/mol. The molecule has 1 aromatic rings. The second kappa shape index (κ2) is 2.48. The van der Waals surface area contributed by atoms with E-state index in [9.17, 15) is 13.2 Å². The van der Waals surface area contributed by atoms with Crippen LogP contribution in [0.3, 0.4) is 0 Å². The molecule has 0 atom stereocenters. The summed E-state index contributed by atoms with van der Waals surface area (Å²) in [5.41, 5.74) is -0.529. The van der Waals surface area contributed by atoms with Gasteiger partial charge in [0.15, 0.2) is 0 Å². The first kappa shape index (κ1) is 7.97. The lowest BCUT2D eigenvalue weighted by atomic mass is 10.3. The minimum atomic E-state index is -3.05. The Kier molecular flexibility index (Phi) is 1.80. The maximum atomic E-state index is 12.4. The Morgan fingerprint density at radius 2 is 1.91 bits per heavy atom. The van der Waals surface area contributed by atoms with E-state index in [4.69, 9.17) is 0 Å². The van der Waals surface area contributed by atoms with Crippen molar-refractivity contribution in [2.45, 2.75) is 12.8 Å². The smallest absolute Gasteiger partial charge is 0.249 e. The summed E-state index contributed by atoms with van der Waals surface area (Å²) >= 11 is 0. The Morgan fingerprint density at radius 3 is 2.27 bits per heavy atom. The third-order valence-electron chi connectivity index (χ3n) is 1.07. The number of halogens is 3. The molecule has 0 spiro atoms. The monoisotopic (exact) mass is 162 g/mol. The van der Waals surface area contributed by atoms with Gasteiger partial charge in [-0.1, -0.05) is 0 Å². The topological polar surface area (TPSA) is 25.8 Å². The van der Waals surface area contributed by atoms with Gasteiger partial charge in [-0.2, -0.15) is 13.2 Å². The molecule has 0 N–H and O–H groups in total. The van der Waals surface area contributed by atoms with E-state index in [-0.39, 0.29) is 0 Å². The highest BCUT2D eigenvalue weighted by atomic mass is 19.3. The summed E-state index contributed by atoms with van der Waals surface area (Å²) in [7, 11) is 0. The maximum absolute atomic E-state index is 12.4. The van der Waals surface area contributed by atoms with Crippen LogP contribution in [0.15, 0.2) is 12.4 Å². The van der Waals surface area contributed by atoms with Crippen molar-refractivity contribution < 1.29 is 13.2 Å². The lowest BCUT2D eigenvalue weighted by Gasteiger charge is -2.06. The predicted molar refractivity (Wildman–Crippen MR) is 31.6 cm³/mol. The van der Waals surface area contributed by atoms with E-state index in [0.717, 1.165) is 6.20 Å². The zero-order valence-corrected chi connectivity index (χ0v) is 5.68. The minimum Gasteiger partial charge on any atom is -0.249 e. The Hall–Kier alpha value is -1.13. The number of alkyl halides is 2. The number of hydrogen-bond donors (Lipinski definition) is 0. The molecule has 1 rings (SSSR count). The Balaban J connectivity index is 2.99. The van der Waals surface area contributed by atoms with E-state index >= 15 is 0 Å². The lowest BCUT2D eigenvalue weighted by Crippen LogP contribution is -2.10. The second-order valence-corrected chi connectivity index (χ2v) is 2.11. The fourth-order valence-electron chi connectivity index (χ4n) is 0.539. The quantitative estimate of drug-likeness (QED) is 0.628. The van der Waals surface area contributed by atoms with Crippen LogP contribution in [0, 0.1) is 5.95 Å². The van der Waals surface area contributed by atoms with Gasteiger partial charge in [0, 0.05) is 6.92 Å².